The minimum absolute atomic E-state index is 0.00995. The summed E-state index contributed by atoms with van der Waals surface area (Å²) in [5.41, 5.74) is 2.03. The van der Waals surface area contributed by atoms with E-state index in [9.17, 15) is 4.79 Å². The lowest BCUT2D eigenvalue weighted by atomic mass is 9.94. The van der Waals surface area contributed by atoms with Crippen LogP contribution in [0.1, 0.15) is 49.0 Å². The maximum Gasteiger partial charge on any atom is 0.251 e. The number of nitrogens with zero attached hydrogens (tertiary/aromatic N) is 3. The topological polar surface area (TPSA) is 59.8 Å². The van der Waals surface area contributed by atoms with E-state index >= 15 is 0 Å². The molecule has 122 valence electrons. The summed E-state index contributed by atoms with van der Waals surface area (Å²) in [6, 6.07) is 7.70. The highest BCUT2D eigenvalue weighted by Crippen LogP contribution is 2.50. The van der Waals surface area contributed by atoms with Crippen LogP contribution in [0.3, 0.4) is 0 Å². The lowest BCUT2D eigenvalue weighted by Gasteiger charge is -2.19. The Morgan fingerprint density at radius 1 is 1.35 bits per heavy atom. The second-order valence-electron chi connectivity index (χ2n) is 7.03. The second-order valence-corrected chi connectivity index (χ2v) is 7.03. The van der Waals surface area contributed by atoms with Crippen LogP contribution in [0.15, 0.2) is 36.9 Å². The quantitative estimate of drug-likeness (QED) is 0.855. The van der Waals surface area contributed by atoms with Gasteiger partial charge in [-0.05, 0) is 42.2 Å². The van der Waals surface area contributed by atoms with Gasteiger partial charge in [0, 0.05) is 12.1 Å². The van der Waals surface area contributed by atoms with E-state index in [0.29, 0.717) is 17.9 Å². The van der Waals surface area contributed by atoms with E-state index in [1.807, 2.05) is 24.3 Å². The third kappa shape index (κ3) is 3.97. The molecule has 3 rings (SSSR count). The lowest BCUT2D eigenvalue weighted by molar-refractivity contribution is 0.0941. The normalized spacial score (nSPS) is 15.6. The molecule has 1 aliphatic rings. The maximum atomic E-state index is 12.6. The van der Waals surface area contributed by atoms with Crippen molar-refractivity contribution >= 4 is 5.91 Å². The molecule has 0 aliphatic heterocycles. The zero-order chi connectivity index (χ0) is 16.3. The molecule has 1 N–H and O–H groups in total. The number of nitrogens with one attached hydrogen (secondary N) is 1. The van der Waals surface area contributed by atoms with Crippen LogP contribution in [0.2, 0.25) is 0 Å². The summed E-state index contributed by atoms with van der Waals surface area (Å²) in [7, 11) is 0. The summed E-state index contributed by atoms with van der Waals surface area (Å²) in [4.78, 5) is 16.5. The first-order valence-corrected chi connectivity index (χ1v) is 8.26. The van der Waals surface area contributed by atoms with Crippen LogP contribution >= 0.6 is 0 Å². The zero-order valence-corrected chi connectivity index (χ0v) is 13.8. The Morgan fingerprint density at radius 3 is 2.78 bits per heavy atom. The number of aromatic nitrogens is 3. The number of benzene rings is 1. The minimum Gasteiger partial charge on any atom is -0.351 e. The van der Waals surface area contributed by atoms with Crippen molar-refractivity contribution in [3.63, 3.8) is 0 Å². The summed E-state index contributed by atoms with van der Waals surface area (Å²) in [5, 5.41) is 7.26. The van der Waals surface area contributed by atoms with Crippen molar-refractivity contribution in [3.05, 3.63) is 48.0 Å². The molecule has 0 radical (unpaired) electrons. The molecular formula is C18H24N4O. The monoisotopic (exact) mass is 312 g/mol. The van der Waals surface area contributed by atoms with Crippen molar-refractivity contribution in [1.29, 1.82) is 0 Å². The highest BCUT2D eigenvalue weighted by Gasteiger charge is 2.42. The molecule has 1 aliphatic carbocycles. The van der Waals surface area contributed by atoms with Gasteiger partial charge in [0.1, 0.15) is 12.7 Å². The summed E-state index contributed by atoms with van der Waals surface area (Å²) in [6.07, 6.45) is 6.81. The zero-order valence-electron chi connectivity index (χ0n) is 13.8. The van der Waals surface area contributed by atoms with Gasteiger partial charge in [-0.1, -0.05) is 32.0 Å². The number of hydrogen-bond acceptors (Lipinski definition) is 3. The molecule has 1 heterocycles. The smallest absolute Gasteiger partial charge is 0.251 e. The minimum atomic E-state index is 0.00995. The molecule has 23 heavy (non-hydrogen) atoms. The van der Waals surface area contributed by atoms with E-state index in [2.05, 4.69) is 29.2 Å². The van der Waals surface area contributed by atoms with Gasteiger partial charge in [0.15, 0.2) is 0 Å². The van der Waals surface area contributed by atoms with Crippen molar-refractivity contribution in [2.24, 2.45) is 11.3 Å². The summed E-state index contributed by atoms with van der Waals surface area (Å²) >= 11 is 0. The third-order valence-electron chi connectivity index (χ3n) is 4.48. The molecule has 5 heteroatoms. The average Bonchev–Trinajstić information content (AvgIpc) is 3.08. The molecule has 1 amide bonds. The van der Waals surface area contributed by atoms with E-state index in [1.165, 1.54) is 25.6 Å². The van der Waals surface area contributed by atoms with Gasteiger partial charge >= 0.3 is 0 Å². The molecule has 2 aromatic rings. The van der Waals surface area contributed by atoms with Crippen molar-refractivity contribution in [1.82, 2.24) is 20.1 Å². The van der Waals surface area contributed by atoms with Gasteiger partial charge in [-0.15, -0.1) is 0 Å². The molecule has 1 saturated carbocycles. The van der Waals surface area contributed by atoms with Crippen LogP contribution < -0.4 is 5.32 Å². The predicted molar refractivity (Wildman–Crippen MR) is 89.0 cm³/mol. The van der Waals surface area contributed by atoms with E-state index in [-0.39, 0.29) is 5.91 Å². The highest BCUT2D eigenvalue weighted by molar-refractivity contribution is 5.95. The molecule has 1 aromatic heterocycles. The predicted octanol–water partition coefficient (Wildman–Crippen LogP) is 2.88. The number of hydrogen-bond donors (Lipinski definition) is 1. The first-order chi connectivity index (χ1) is 11.1. The standard InChI is InChI=1S/C18H24N4O/c1-14(2)9-18(7-8-18)11-20-17(23)16-6-4-3-5-15(16)10-22-13-19-12-21-22/h3-6,12-14H,7-11H2,1-2H3,(H,20,23). The van der Waals surface area contributed by atoms with E-state index in [0.717, 1.165) is 17.7 Å². The summed E-state index contributed by atoms with van der Waals surface area (Å²) in [5.74, 6) is 0.685. The fraction of sp³-hybridized carbons (Fsp3) is 0.500. The molecule has 0 saturated heterocycles. The van der Waals surface area contributed by atoms with Gasteiger partial charge in [-0.3, -0.25) is 4.79 Å². The summed E-state index contributed by atoms with van der Waals surface area (Å²) < 4.78 is 1.73. The van der Waals surface area contributed by atoms with Crippen LogP contribution in [0.25, 0.3) is 0 Å². The van der Waals surface area contributed by atoms with Crippen molar-refractivity contribution in [2.75, 3.05) is 6.54 Å². The van der Waals surface area contributed by atoms with Crippen LogP contribution in [0.5, 0.6) is 0 Å². The fourth-order valence-electron chi connectivity index (χ4n) is 3.23. The van der Waals surface area contributed by atoms with Crippen LogP contribution in [0, 0.1) is 11.3 Å². The Labute approximate surface area is 137 Å². The van der Waals surface area contributed by atoms with Gasteiger partial charge < -0.3 is 5.32 Å². The Bertz CT molecular complexity index is 659. The van der Waals surface area contributed by atoms with Crippen LogP contribution in [-0.4, -0.2) is 27.2 Å². The van der Waals surface area contributed by atoms with Gasteiger partial charge in [-0.2, -0.15) is 5.10 Å². The molecule has 1 fully saturated rings. The van der Waals surface area contributed by atoms with E-state index in [1.54, 1.807) is 11.0 Å². The maximum absolute atomic E-state index is 12.6. The number of rotatable bonds is 7. The second kappa shape index (κ2) is 6.52. The van der Waals surface area contributed by atoms with Gasteiger partial charge in [0.2, 0.25) is 0 Å². The largest absolute Gasteiger partial charge is 0.351 e. The number of carbonyl (C=O) groups excluding carboxylic acids is 1. The number of amides is 1. The van der Waals surface area contributed by atoms with Gasteiger partial charge in [0.05, 0.1) is 6.54 Å². The molecule has 0 unspecified atom stereocenters. The molecular weight excluding hydrogens is 288 g/mol. The summed E-state index contributed by atoms with van der Waals surface area (Å²) in [6.45, 7) is 5.83. The van der Waals surface area contributed by atoms with Gasteiger partial charge in [0.25, 0.3) is 5.91 Å². The Morgan fingerprint density at radius 2 is 2.13 bits per heavy atom. The molecule has 1 aromatic carbocycles. The van der Waals surface area contributed by atoms with Crippen molar-refractivity contribution in [2.45, 2.75) is 39.7 Å². The molecule has 5 nitrogen and oxygen atoms in total. The van der Waals surface area contributed by atoms with Crippen LogP contribution in [0.4, 0.5) is 0 Å². The van der Waals surface area contributed by atoms with Crippen molar-refractivity contribution in [3.8, 4) is 0 Å². The highest BCUT2D eigenvalue weighted by atomic mass is 16.1. The number of carbonyl (C=O) groups is 1. The van der Waals surface area contributed by atoms with Gasteiger partial charge in [-0.25, -0.2) is 9.67 Å². The fourth-order valence-corrected chi connectivity index (χ4v) is 3.23. The first kappa shape index (κ1) is 15.7. The Hall–Kier alpha value is -2.17. The molecule has 0 spiro atoms. The molecule has 0 bridgehead atoms. The first-order valence-electron chi connectivity index (χ1n) is 8.26. The van der Waals surface area contributed by atoms with Crippen molar-refractivity contribution < 1.29 is 4.79 Å². The van der Waals surface area contributed by atoms with E-state index in [4.69, 9.17) is 0 Å². The lowest BCUT2D eigenvalue weighted by Crippen LogP contribution is -2.31. The van der Waals surface area contributed by atoms with E-state index < -0.39 is 0 Å². The SMILES string of the molecule is CC(C)CC1(CNC(=O)c2ccccc2Cn2cncn2)CC1. The van der Waals surface area contributed by atoms with Crippen LogP contribution in [-0.2, 0) is 6.54 Å². The third-order valence-corrected chi connectivity index (χ3v) is 4.48. The average molecular weight is 312 g/mol. The Balaban J connectivity index is 1.65. The Kier molecular flexibility index (Phi) is 4.46. The molecule has 0 atom stereocenters.